The fraction of sp³-hybridized carbons (Fsp3) is 0.375. The quantitative estimate of drug-likeness (QED) is 0.902. The summed E-state index contributed by atoms with van der Waals surface area (Å²) >= 11 is 1.54. The maximum atomic E-state index is 12.1. The Morgan fingerprint density at radius 3 is 2.68 bits per heavy atom. The molecule has 2 N–H and O–H groups in total. The number of thiazole rings is 1. The molecule has 0 radical (unpaired) electrons. The number of hydrogen-bond acceptors (Lipinski definition) is 4. The molecule has 4 nitrogen and oxygen atoms in total. The Labute approximate surface area is 140 Å². The van der Waals surface area contributed by atoms with E-state index in [0.717, 1.165) is 35.6 Å². The number of halogens is 1. The van der Waals surface area contributed by atoms with Gasteiger partial charge in [-0.3, -0.25) is 4.79 Å². The van der Waals surface area contributed by atoms with Crippen molar-refractivity contribution in [3.63, 3.8) is 0 Å². The van der Waals surface area contributed by atoms with Crippen molar-refractivity contribution < 1.29 is 4.79 Å². The lowest BCUT2D eigenvalue weighted by Crippen LogP contribution is -2.24. The molecule has 0 saturated carbocycles. The lowest BCUT2D eigenvalue weighted by atomic mass is 10.1. The van der Waals surface area contributed by atoms with Crippen molar-refractivity contribution in [2.45, 2.75) is 20.3 Å². The molecule has 1 aliphatic heterocycles. The zero-order chi connectivity index (χ0) is 14.8. The third kappa shape index (κ3) is 3.66. The first-order chi connectivity index (χ1) is 10.1. The maximum absolute atomic E-state index is 12.1. The van der Waals surface area contributed by atoms with Crippen LogP contribution in [0.25, 0.3) is 11.3 Å². The number of nitrogens with one attached hydrogen (secondary N) is 2. The van der Waals surface area contributed by atoms with Crippen LogP contribution in [0.5, 0.6) is 0 Å². The Morgan fingerprint density at radius 1 is 1.32 bits per heavy atom. The minimum Gasteiger partial charge on any atom is -0.316 e. The molecular formula is C16H20ClN3OS. The van der Waals surface area contributed by atoms with Crippen LogP contribution in [0.1, 0.15) is 16.9 Å². The van der Waals surface area contributed by atoms with Gasteiger partial charge in [-0.05, 0) is 26.8 Å². The highest BCUT2D eigenvalue weighted by Gasteiger charge is 2.23. The van der Waals surface area contributed by atoms with Crippen molar-refractivity contribution in [1.82, 2.24) is 10.3 Å². The maximum Gasteiger partial charge on any atom is 0.230 e. The Kier molecular flexibility index (Phi) is 5.56. The molecule has 6 heteroatoms. The number of benzene rings is 1. The Morgan fingerprint density at radius 2 is 2.05 bits per heavy atom. The van der Waals surface area contributed by atoms with Crippen LogP contribution in [0, 0.1) is 19.8 Å². The van der Waals surface area contributed by atoms with E-state index in [1.54, 1.807) is 0 Å². The molecule has 1 aromatic heterocycles. The van der Waals surface area contributed by atoms with Gasteiger partial charge >= 0.3 is 0 Å². The Balaban J connectivity index is 0.00000176. The van der Waals surface area contributed by atoms with Crippen LogP contribution in [0.3, 0.4) is 0 Å². The van der Waals surface area contributed by atoms with Gasteiger partial charge in [0, 0.05) is 17.0 Å². The molecule has 1 atom stereocenters. The highest BCUT2D eigenvalue weighted by molar-refractivity contribution is 7.16. The first-order valence-corrected chi connectivity index (χ1v) is 8.01. The van der Waals surface area contributed by atoms with Gasteiger partial charge in [0.1, 0.15) is 0 Å². The molecule has 0 bridgehead atoms. The van der Waals surface area contributed by atoms with Crippen molar-refractivity contribution in [3.05, 3.63) is 34.7 Å². The zero-order valence-electron chi connectivity index (χ0n) is 12.7. The second kappa shape index (κ2) is 7.22. The summed E-state index contributed by atoms with van der Waals surface area (Å²) in [6, 6.07) is 8.31. The Hall–Kier alpha value is -1.43. The fourth-order valence-corrected chi connectivity index (χ4v) is 3.35. The molecule has 0 spiro atoms. The molecule has 1 aliphatic rings. The third-order valence-electron chi connectivity index (χ3n) is 3.78. The molecule has 1 fully saturated rings. The van der Waals surface area contributed by atoms with Gasteiger partial charge in [0.05, 0.1) is 11.6 Å². The average molecular weight is 338 g/mol. The first kappa shape index (κ1) is 16.9. The van der Waals surface area contributed by atoms with Crippen LogP contribution in [0.4, 0.5) is 5.13 Å². The molecule has 1 unspecified atom stereocenters. The minimum atomic E-state index is 0. The van der Waals surface area contributed by atoms with Gasteiger partial charge in [-0.25, -0.2) is 4.98 Å². The van der Waals surface area contributed by atoms with E-state index in [0.29, 0.717) is 5.13 Å². The number of anilines is 1. The number of hydrogen-bond donors (Lipinski definition) is 2. The van der Waals surface area contributed by atoms with Crippen molar-refractivity contribution in [2.75, 3.05) is 18.4 Å². The second-order valence-corrected chi connectivity index (χ2v) is 6.67. The van der Waals surface area contributed by atoms with Crippen LogP contribution in [0.2, 0.25) is 0 Å². The summed E-state index contributed by atoms with van der Waals surface area (Å²) in [7, 11) is 0. The van der Waals surface area contributed by atoms with Crippen LogP contribution in [0.15, 0.2) is 24.3 Å². The highest BCUT2D eigenvalue weighted by atomic mass is 35.5. The van der Waals surface area contributed by atoms with E-state index in [-0.39, 0.29) is 24.2 Å². The van der Waals surface area contributed by atoms with Gasteiger partial charge < -0.3 is 10.6 Å². The SMILES string of the molecule is Cc1ccc(-c2nc(NC(=O)C3CCNC3)sc2C)cc1.Cl. The van der Waals surface area contributed by atoms with E-state index in [1.165, 1.54) is 16.9 Å². The molecule has 2 aromatic rings. The number of nitrogens with zero attached hydrogens (tertiary/aromatic N) is 1. The van der Waals surface area contributed by atoms with Crippen LogP contribution >= 0.6 is 23.7 Å². The molecule has 1 amide bonds. The molecule has 3 rings (SSSR count). The summed E-state index contributed by atoms with van der Waals surface area (Å²) in [5.41, 5.74) is 3.28. The second-order valence-electron chi connectivity index (χ2n) is 5.47. The van der Waals surface area contributed by atoms with Crippen molar-refractivity contribution in [3.8, 4) is 11.3 Å². The lowest BCUT2D eigenvalue weighted by molar-refractivity contribution is -0.119. The zero-order valence-corrected chi connectivity index (χ0v) is 14.3. The van der Waals surface area contributed by atoms with E-state index >= 15 is 0 Å². The normalized spacial score (nSPS) is 17.1. The smallest absolute Gasteiger partial charge is 0.230 e. The number of aryl methyl sites for hydroxylation is 2. The number of aromatic nitrogens is 1. The summed E-state index contributed by atoms with van der Waals surface area (Å²) in [4.78, 5) is 17.8. The van der Waals surface area contributed by atoms with Crippen molar-refractivity contribution in [1.29, 1.82) is 0 Å². The van der Waals surface area contributed by atoms with Gasteiger partial charge in [-0.15, -0.1) is 23.7 Å². The van der Waals surface area contributed by atoms with Gasteiger partial charge in [0.25, 0.3) is 0 Å². The van der Waals surface area contributed by atoms with Gasteiger partial charge in [-0.1, -0.05) is 29.8 Å². The van der Waals surface area contributed by atoms with Crippen LogP contribution < -0.4 is 10.6 Å². The molecule has 1 aromatic carbocycles. The molecular weight excluding hydrogens is 318 g/mol. The lowest BCUT2D eigenvalue weighted by Gasteiger charge is -2.06. The van der Waals surface area contributed by atoms with E-state index in [1.807, 2.05) is 6.92 Å². The molecule has 22 heavy (non-hydrogen) atoms. The molecule has 2 heterocycles. The summed E-state index contributed by atoms with van der Waals surface area (Å²) in [6.45, 7) is 5.79. The standard InChI is InChI=1S/C16H19N3OS.ClH/c1-10-3-5-12(6-4-10)14-11(2)21-16(18-14)19-15(20)13-7-8-17-9-13;/h3-6,13,17H,7-9H2,1-2H3,(H,18,19,20);1H. The van der Waals surface area contributed by atoms with E-state index in [4.69, 9.17) is 0 Å². The van der Waals surface area contributed by atoms with Crippen molar-refractivity contribution in [2.24, 2.45) is 5.92 Å². The Bertz CT molecular complexity index is 648. The molecule has 1 saturated heterocycles. The number of amides is 1. The summed E-state index contributed by atoms with van der Waals surface area (Å²) in [6.07, 6.45) is 0.904. The number of carbonyl (C=O) groups is 1. The van der Waals surface area contributed by atoms with E-state index in [9.17, 15) is 4.79 Å². The average Bonchev–Trinajstić information content (AvgIpc) is 3.10. The molecule has 0 aliphatic carbocycles. The van der Waals surface area contributed by atoms with E-state index < -0.39 is 0 Å². The predicted molar refractivity (Wildman–Crippen MR) is 93.9 cm³/mol. The van der Waals surface area contributed by atoms with Gasteiger partial charge in [0.2, 0.25) is 5.91 Å². The summed E-state index contributed by atoms with van der Waals surface area (Å²) in [5, 5.41) is 6.86. The molecule has 118 valence electrons. The first-order valence-electron chi connectivity index (χ1n) is 7.19. The van der Waals surface area contributed by atoms with Gasteiger partial charge in [-0.2, -0.15) is 0 Å². The number of rotatable bonds is 3. The monoisotopic (exact) mass is 337 g/mol. The largest absolute Gasteiger partial charge is 0.316 e. The highest BCUT2D eigenvalue weighted by Crippen LogP contribution is 2.30. The van der Waals surface area contributed by atoms with Gasteiger partial charge in [0.15, 0.2) is 5.13 Å². The summed E-state index contributed by atoms with van der Waals surface area (Å²) in [5.74, 6) is 0.140. The summed E-state index contributed by atoms with van der Waals surface area (Å²) < 4.78 is 0. The van der Waals surface area contributed by atoms with Crippen molar-refractivity contribution >= 4 is 34.8 Å². The topological polar surface area (TPSA) is 54.0 Å². The fourth-order valence-electron chi connectivity index (χ4n) is 2.52. The number of carbonyl (C=O) groups excluding carboxylic acids is 1. The van der Waals surface area contributed by atoms with Crippen LogP contribution in [-0.2, 0) is 4.79 Å². The predicted octanol–water partition coefficient (Wildman–Crippen LogP) is 3.40. The van der Waals surface area contributed by atoms with E-state index in [2.05, 4.69) is 46.8 Å². The minimum absolute atomic E-state index is 0. The van der Waals surface area contributed by atoms with Crippen LogP contribution in [-0.4, -0.2) is 24.0 Å². The third-order valence-corrected chi connectivity index (χ3v) is 4.67.